The molecule has 1 unspecified atom stereocenters. The van der Waals surface area contributed by atoms with E-state index in [0.717, 1.165) is 46.2 Å². The summed E-state index contributed by atoms with van der Waals surface area (Å²) in [7, 11) is 0. The summed E-state index contributed by atoms with van der Waals surface area (Å²) in [4.78, 5) is 12.5. The molecule has 0 aliphatic carbocycles. The van der Waals surface area contributed by atoms with Gasteiger partial charge in [0.25, 0.3) is 0 Å². The fourth-order valence-electron chi connectivity index (χ4n) is 4.36. The highest BCUT2D eigenvalue weighted by Gasteiger charge is 2.18. The maximum absolute atomic E-state index is 12.5. The highest BCUT2D eigenvalue weighted by molar-refractivity contribution is 6.31. The highest BCUT2D eigenvalue weighted by atomic mass is 35.5. The lowest BCUT2D eigenvalue weighted by atomic mass is 10.2. The topological polar surface area (TPSA) is 69.5 Å². The summed E-state index contributed by atoms with van der Waals surface area (Å²) in [6, 6.07) is 16.9. The molecule has 2 aromatic carbocycles. The third-order valence-electron chi connectivity index (χ3n) is 6.10. The van der Waals surface area contributed by atoms with Gasteiger partial charge in [-0.15, -0.1) is 0 Å². The molecular formula is C27H24Cl2N2O4. The molecule has 0 spiro atoms. The van der Waals surface area contributed by atoms with E-state index in [1.54, 1.807) is 0 Å². The standard InChI is InChI=1S/C27H24Cl2N2O4/c28-20-4-6-23-18(13-20)8-11-30(23)10-2-1-3-27(35-26-17-34-22(16-32)15-25(26)33)31-12-9-19-14-21(29)5-7-24(19)31/h4-9,11-15,17,27,32H,1-3,10,16H2. The summed E-state index contributed by atoms with van der Waals surface area (Å²) in [6.07, 6.45) is 7.33. The molecule has 180 valence electrons. The molecule has 3 aromatic heterocycles. The van der Waals surface area contributed by atoms with E-state index < -0.39 is 6.23 Å². The van der Waals surface area contributed by atoms with Gasteiger partial charge in [-0.1, -0.05) is 23.2 Å². The van der Waals surface area contributed by atoms with Crippen molar-refractivity contribution < 1.29 is 14.3 Å². The third kappa shape index (κ3) is 5.10. The Hall–Kier alpha value is -3.19. The van der Waals surface area contributed by atoms with Crippen LogP contribution in [0, 0.1) is 0 Å². The summed E-state index contributed by atoms with van der Waals surface area (Å²) < 4.78 is 15.7. The van der Waals surface area contributed by atoms with Crippen LogP contribution in [0.1, 0.15) is 31.3 Å². The molecule has 0 saturated carbocycles. The normalized spacial score (nSPS) is 12.4. The highest BCUT2D eigenvalue weighted by Crippen LogP contribution is 2.28. The van der Waals surface area contributed by atoms with Gasteiger partial charge in [0.1, 0.15) is 18.6 Å². The average Bonchev–Trinajstić information content (AvgIpc) is 3.45. The van der Waals surface area contributed by atoms with E-state index in [-0.39, 0.29) is 23.5 Å². The first-order valence-electron chi connectivity index (χ1n) is 11.4. The van der Waals surface area contributed by atoms with E-state index in [9.17, 15) is 9.90 Å². The van der Waals surface area contributed by atoms with Gasteiger partial charge in [-0.25, -0.2) is 0 Å². The summed E-state index contributed by atoms with van der Waals surface area (Å²) in [5.74, 6) is 0.302. The number of halogens is 2. The number of rotatable bonds is 9. The number of fused-ring (bicyclic) bond motifs is 2. The predicted molar refractivity (Wildman–Crippen MR) is 138 cm³/mol. The van der Waals surface area contributed by atoms with E-state index in [1.807, 2.05) is 53.2 Å². The van der Waals surface area contributed by atoms with Gasteiger partial charge in [-0.2, -0.15) is 0 Å². The van der Waals surface area contributed by atoms with Crippen molar-refractivity contribution in [2.45, 2.75) is 38.6 Å². The fourth-order valence-corrected chi connectivity index (χ4v) is 4.72. The second-order valence-corrected chi connectivity index (χ2v) is 9.31. The molecule has 0 amide bonds. The average molecular weight is 511 g/mol. The zero-order valence-electron chi connectivity index (χ0n) is 18.9. The molecule has 0 saturated heterocycles. The Morgan fingerprint density at radius 3 is 2.37 bits per heavy atom. The third-order valence-corrected chi connectivity index (χ3v) is 6.57. The van der Waals surface area contributed by atoms with Crippen molar-refractivity contribution in [1.29, 1.82) is 0 Å². The fraction of sp³-hybridized carbons (Fsp3) is 0.222. The Labute approximate surface area is 211 Å². The quantitative estimate of drug-likeness (QED) is 0.221. The SMILES string of the molecule is O=c1cc(CO)occ1OC(CCCCn1ccc2cc(Cl)ccc21)n1ccc2cc(Cl)ccc21. The van der Waals surface area contributed by atoms with Gasteiger partial charge in [0.05, 0.1) is 5.52 Å². The lowest BCUT2D eigenvalue weighted by Gasteiger charge is -2.21. The van der Waals surface area contributed by atoms with Crippen LogP contribution in [0.4, 0.5) is 0 Å². The Morgan fingerprint density at radius 1 is 0.914 bits per heavy atom. The van der Waals surface area contributed by atoms with Crippen LogP contribution >= 0.6 is 23.2 Å². The minimum Gasteiger partial charge on any atom is -0.463 e. The number of nitrogens with zero attached hydrogens (tertiary/aromatic N) is 2. The first kappa shape index (κ1) is 23.5. The van der Waals surface area contributed by atoms with Gasteiger partial charge in [0.2, 0.25) is 11.2 Å². The number of aliphatic hydroxyl groups is 1. The largest absolute Gasteiger partial charge is 0.463 e. The number of aliphatic hydroxyl groups excluding tert-OH is 1. The summed E-state index contributed by atoms with van der Waals surface area (Å²) in [5.41, 5.74) is 1.78. The maximum atomic E-state index is 12.5. The molecule has 35 heavy (non-hydrogen) atoms. The number of ether oxygens (including phenoxy) is 1. The van der Waals surface area contributed by atoms with Crippen molar-refractivity contribution >= 4 is 45.0 Å². The van der Waals surface area contributed by atoms with Crippen molar-refractivity contribution in [3.05, 3.63) is 99.3 Å². The van der Waals surface area contributed by atoms with Gasteiger partial charge in [0.15, 0.2) is 6.23 Å². The Balaban J connectivity index is 1.35. The van der Waals surface area contributed by atoms with Crippen LogP contribution in [0.15, 0.2) is 82.5 Å². The monoisotopic (exact) mass is 510 g/mol. The second-order valence-electron chi connectivity index (χ2n) is 8.44. The van der Waals surface area contributed by atoms with Crippen LogP contribution in [-0.2, 0) is 13.2 Å². The molecule has 0 aliphatic heterocycles. The molecule has 8 heteroatoms. The number of benzene rings is 2. The minimum absolute atomic E-state index is 0.108. The number of hydrogen-bond acceptors (Lipinski definition) is 4. The predicted octanol–water partition coefficient (Wildman–Crippen LogP) is 6.80. The lowest BCUT2D eigenvalue weighted by molar-refractivity contribution is 0.117. The van der Waals surface area contributed by atoms with Crippen LogP contribution < -0.4 is 10.2 Å². The molecule has 5 aromatic rings. The molecular weight excluding hydrogens is 487 g/mol. The van der Waals surface area contributed by atoms with Crippen molar-refractivity contribution in [2.75, 3.05) is 0 Å². The Kier molecular flexibility index (Phi) is 6.86. The molecule has 0 aliphatic rings. The summed E-state index contributed by atoms with van der Waals surface area (Å²) in [6.45, 7) is 0.509. The first-order chi connectivity index (χ1) is 17.0. The number of aryl methyl sites for hydroxylation is 1. The Bertz CT molecular complexity index is 1540. The molecule has 6 nitrogen and oxygen atoms in total. The summed E-state index contributed by atoms with van der Waals surface area (Å²) in [5, 5.41) is 12.7. The molecule has 1 atom stereocenters. The number of hydrogen-bond donors (Lipinski definition) is 1. The van der Waals surface area contributed by atoms with E-state index >= 15 is 0 Å². The van der Waals surface area contributed by atoms with E-state index in [4.69, 9.17) is 32.4 Å². The smallest absolute Gasteiger partial charge is 0.227 e. The second kappa shape index (κ2) is 10.2. The van der Waals surface area contributed by atoms with Gasteiger partial charge in [-0.3, -0.25) is 4.79 Å². The van der Waals surface area contributed by atoms with Gasteiger partial charge in [-0.05, 0) is 61.4 Å². The molecule has 5 rings (SSSR count). The molecule has 0 radical (unpaired) electrons. The van der Waals surface area contributed by atoms with Crippen LogP contribution in [0.5, 0.6) is 5.75 Å². The lowest BCUT2D eigenvalue weighted by Crippen LogP contribution is -2.19. The molecule has 3 heterocycles. The van der Waals surface area contributed by atoms with E-state index in [1.165, 1.54) is 12.3 Å². The molecule has 0 fully saturated rings. The summed E-state index contributed by atoms with van der Waals surface area (Å²) >= 11 is 12.3. The molecule has 0 bridgehead atoms. The van der Waals surface area contributed by atoms with Crippen LogP contribution in [0.3, 0.4) is 0 Å². The van der Waals surface area contributed by atoms with E-state index in [0.29, 0.717) is 11.4 Å². The van der Waals surface area contributed by atoms with Gasteiger partial charge in [0, 0.05) is 57.8 Å². The first-order valence-corrected chi connectivity index (χ1v) is 12.2. The maximum Gasteiger partial charge on any atom is 0.227 e. The Morgan fingerprint density at radius 2 is 1.63 bits per heavy atom. The van der Waals surface area contributed by atoms with Gasteiger partial charge < -0.3 is 23.4 Å². The zero-order chi connectivity index (χ0) is 24.4. The van der Waals surface area contributed by atoms with Gasteiger partial charge >= 0.3 is 0 Å². The van der Waals surface area contributed by atoms with Crippen LogP contribution in [0.2, 0.25) is 10.0 Å². The molecule has 1 N–H and O–H groups in total. The van der Waals surface area contributed by atoms with Crippen molar-refractivity contribution in [2.24, 2.45) is 0 Å². The number of aromatic nitrogens is 2. The van der Waals surface area contributed by atoms with Crippen molar-refractivity contribution in [3.8, 4) is 5.75 Å². The number of unbranched alkanes of at least 4 members (excludes halogenated alkanes) is 1. The zero-order valence-corrected chi connectivity index (χ0v) is 20.4. The van der Waals surface area contributed by atoms with E-state index in [2.05, 4.69) is 16.8 Å². The van der Waals surface area contributed by atoms with Crippen molar-refractivity contribution in [1.82, 2.24) is 9.13 Å². The minimum atomic E-state index is -0.420. The van der Waals surface area contributed by atoms with Crippen LogP contribution in [-0.4, -0.2) is 14.2 Å². The van der Waals surface area contributed by atoms with Crippen LogP contribution in [0.25, 0.3) is 21.8 Å². The van der Waals surface area contributed by atoms with Crippen molar-refractivity contribution in [3.63, 3.8) is 0 Å².